The van der Waals surface area contributed by atoms with Crippen LogP contribution in [0.1, 0.15) is 6.42 Å². The van der Waals surface area contributed by atoms with Crippen molar-refractivity contribution in [1.82, 2.24) is 4.98 Å². The standard InChI is InChI=1S/C9H10N2O4/c1-15-6-2-3-7(10-5-6)11-8(12)4-9(13)14/h2-3,5H,4H2,1H3,(H,13,14)(H,10,11,12). The van der Waals surface area contributed by atoms with Gasteiger partial charge in [0.15, 0.2) is 0 Å². The minimum absolute atomic E-state index is 0.294. The zero-order chi connectivity index (χ0) is 11.3. The van der Waals surface area contributed by atoms with Gasteiger partial charge in [-0.1, -0.05) is 0 Å². The number of carboxylic acid groups (broad SMARTS) is 1. The second-order valence-electron chi connectivity index (χ2n) is 2.70. The quantitative estimate of drug-likeness (QED) is 0.706. The van der Waals surface area contributed by atoms with Crippen molar-refractivity contribution in [3.63, 3.8) is 0 Å². The molecule has 0 aromatic carbocycles. The second kappa shape index (κ2) is 4.94. The fourth-order valence-electron chi connectivity index (χ4n) is 0.899. The van der Waals surface area contributed by atoms with Crippen LogP contribution in [0.3, 0.4) is 0 Å². The van der Waals surface area contributed by atoms with E-state index in [1.165, 1.54) is 19.4 Å². The monoisotopic (exact) mass is 210 g/mol. The van der Waals surface area contributed by atoms with Crippen LogP contribution in [-0.2, 0) is 9.59 Å². The number of pyridine rings is 1. The average molecular weight is 210 g/mol. The molecule has 0 fully saturated rings. The van der Waals surface area contributed by atoms with E-state index in [1.807, 2.05) is 0 Å². The summed E-state index contributed by atoms with van der Waals surface area (Å²) in [5.74, 6) is -0.936. The highest BCUT2D eigenvalue weighted by atomic mass is 16.5. The third kappa shape index (κ3) is 3.63. The van der Waals surface area contributed by atoms with Crippen LogP contribution in [-0.4, -0.2) is 29.1 Å². The SMILES string of the molecule is COc1ccc(NC(=O)CC(=O)O)nc1. The molecule has 0 spiro atoms. The van der Waals surface area contributed by atoms with Crippen molar-refractivity contribution in [2.75, 3.05) is 12.4 Å². The molecule has 0 atom stereocenters. The minimum Gasteiger partial charge on any atom is -0.495 e. The van der Waals surface area contributed by atoms with E-state index < -0.39 is 18.3 Å². The van der Waals surface area contributed by atoms with E-state index in [0.29, 0.717) is 11.6 Å². The van der Waals surface area contributed by atoms with Crippen molar-refractivity contribution in [3.8, 4) is 5.75 Å². The molecule has 6 nitrogen and oxygen atoms in total. The molecule has 0 unspecified atom stereocenters. The van der Waals surface area contributed by atoms with Gasteiger partial charge in [-0.05, 0) is 12.1 Å². The fraction of sp³-hybridized carbons (Fsp3) is 0.222. The molecule has 15 heavy (non-hydrogen) atoms. The number of carbonyl (C=O) groups excluding carboxylic acids is 1. The van der Waals surface area contributed by atoms with Crippen LogP contribution in [0.25, 0.3) is 0 Å². The predicted octanol–water partition coefficient (Wildman–Crippen LogP) is 0.503. The molecule has 80 valence electrons. The molecule has 6 heteroatoms. The first-order chi connectivity index (χ1) is 7.11. The smallest absolute Gasteiger partial charge is 0.312 e. The Labute approximate surface area is 85.9 Å². The van der Waals surface area contributed by atoms with Crippen LogP contribution in [0, 0.1) is 0 Å². The number of nitrogens with zero attached hydrogens (tertiary/aromatic N) is 1. The summed E-state index contributed by atoms with van der Waals surface area (Å²) in [6, 6.07) is 3.14. The summed E-state index contributed by atoms with van der Waals surface area (Å²) in [5, 5.41) is 10.7. The Bertz CT molecular complexity index is 361. The van der Waals surface area contributed by atoms with Crippen molar-refractivity contribution >= 4 is 17.7 Å². The summed E-state index contributed by atoms with van der Waals surface area (Å²) in [4.78, 5) is 25.1. The Morgan fingerprint density at radius 2 is 2.27 bits per heavy atom. The lowest BCUT2D eigenvalue weighted by molar-refractivity contribution is -0.139. The molecule has 0 saturated carbocycles. The molecule has 1 aromatic heterocycles. The molecule has 0 aliphatic heterocycles. The maximum absolute atomic E-state index is 11.0. The second-order valence-corrected chi connectivity index (χ2v) is 2.70. The summed E-state index contributed by atoms with van der Waals surface area (Å²) in [6.45, 7) is 0. The zero-order valence-electron chi connectivity index (χ0n) is 8.06. The molecule has 0 saturated heterocycles. The normalized spacial score (nSPS) is 9.40. The summed E-state index contributed by atoms with van der Waals surface area (Å²) in [6.07, 6.45) is 0.851. The van der Waals surface area contributed by atoms with Gasteiger partial charge in [0.1, 0.15) is 18.0 Å². The van der Waals surface area contributed by atoms with Gasteiger partial charge in [-0.3, -0.25) is 9.59 Å². The number of amides is 1. The molecule has 1 heterocycles. The van der Waals surface area contributed by atoms with Gasteiger partial charge in [0.25, 0.3) is 0 Å². The van der Waals surface area contributed by atoms with Crippen LogP contribution in [0.4, 0.5) is 5.82 Å². The van der Waals surface area contributed by atoms with Crippen molar-refractivity contribution in [2.45, 2.75) is 6.42 Å². The van der Waals surface area contributed by atoms with Crippen LogP contribution >= 0.6 is 0 Å². The maximum atomic E-state index is 11.0. The van der Waals surface area contributed by atoms with Crippen LogP contribution < -0.4 is 10.1 Å². The number of hydrogen-bond acceptors (Lipinski definition) is 4. The van der Waals surface area contributed by atoms with E-state index in [4.69, 9.17) is 9.84 Å². The zero-order valence-corrected chi connectivity index (χ0v) is 8.06. The number of aliphatic carboxylic acids is 1. The highest BCUT2D eigenvalue weighted by Gasteiger charge is 2.07. The first-order valence-electron chi connectivity index (χ1n) is 4.13. The highest BCUT2D eigenvalue weighted by molar-refractivity contribution is 6.00. The van der Waals surface area contributed by atoms with Gasteiger partial charge in [-0.2, -0.15) is 0 Å². The Morgan fingerprint density at radius 3 is 2.73 bits per heavy atom. The number of ether oxygens (including phenoxy) is 1. The molecule has 1 aromatic rings. The molecular formula is C9H10N2O4. The lowest BCUT2D eigenvalue weighted by atomic mass is 10.4. The van der Waals surface area contributed by atoms with E-state index in [2.05, 4.69) is 10.3 Å². The molecule has 1 rings (SSSR count). The van der Waals surface area contributed by atoms with Crippen LogP contribution in [0.2, 0.25) is 0 Å². The fourth-order valence-corrected chi connectivity index (χ4v) is 0.899. The predicted molar refractivity (Wildman–Crippen MR) is 51.7 cm³/mol. The average Bonchev–Trinajstić information content (AvgIpc) is 2.17. The third-order valence-electron chi connectivity index (χ3n) is 1.55. The Morgan fingerprint density at radius 1 is 1.53 bits per heavy atom. The van der Waals surface area contributed by atoms with Gasteiger partial charge in [0.2, 0.25) is 5.91 Å². The lowest BCUT2D eigenvalue weighted by Gasteiger charge is -2.03. The van der Waals surface area contributed by atoms with E-state index >= 15 is 0 Å². The van der Waals surface area contributed by atoms with Crippen molar-refractivity contribution in [2.24, 2.45) is 0 Å². The van der Waals surface area contributed by atoms with E-state index in [9.17, 15) is 9.59 Å². The Hall–Kier alpha value is -2.11. The molecule has 0 aliphatic rings. The first kappa shape index (κ1) is 11.0. The number of carbonyl (C=O) groups is 2. The highest BCUT2D eigenvalue weighted by Crippen LogP contribution is 2.11. The number of methoxy groups -OCH3 is 1. The number of nitrogens with one attached hydrogen (secondary N) is 1. The number of rotatable bonds is 4. The number of hydrogen-bond donors (Lipinski definition) is 2. The van der Waals surface area contributed by atoms with Gasteiger partial charge in [0.05, 0.1) is 13.3 Å². The van der Waals surface area contributed by atoms with Crippen molar-refractivity contribution in [3.05, 3.63) is 18.3 Å². The Balaban J connectivity index is 2.57. The number of carboxylic acids is 1. The van der Waals surface area contributed by atoms with Gasteiger partial charge >= 0.3 is 5.97 Å². The molecular weight excluding hydrogens is 200 g/mol. The molecule has 0 bridgehead atoms. The number of anilines is 1. The number of aromatic nitrogens is 1. The van der Waals surface area contributed by atoms with E-state index in [0.717, 1.165) is 0 Å². The third-order valence-corrected chi connectivity index (χ3v) is 1.55. The summed E-state index contributed by atoms with van der Waals surface area (Å²) in [5.41, 5.74) is 0. The summed E-state index contributed by atoms with van der Waals surface area (Å²) < 4.78 is 4.87. The van der Waals surface area contributed by atoms with Crippen LogP contribution in [0.5, 0.6) is 5.75 Å². The maximum Gasteiger partial charge on any atom is 0.312 e. The largest absolute Gasteiger partial charge is 0.495 e. The van der Waals surface area contributed by atoms with Gasteiger partial charge in [0, 0.05) is 0 Å². The topological polar surface area (TPSA) is 88.5 Å². The van der Waals surface area contributed by atoms with Gasteiger partial charge in [-0.25, -0.2) is 4.98 Å². The van der Waals surface area contributed by atoms with Gasteiger partial charge in [-0.15, -0.1) is 0 Å². The van der Waals surface area contributed by atoms with E-state index in [-0.39, 0.29) is 0 Å². The molecule has 0 aliphatic carbocycles. The van der Waals surface area contributed by atoms with Crippen molar-refractivity contribution in [1.29, 1.82) is 0 Å². The summed E-state index contributed by atoms with van der Waals surface area (Å²) in [7, 11) is 1.50. The van der Waals surface area contributed by atoms with E-state index in [1.54, 1.807) is 6.07 Å². The minimum atomic E-state index is -1.18. The lowest BCUT2D eigenvalue weighted by Crippen LogP contribution is -2.16. The van der Waals surface area contributed by atoms with Gasteiger partial charge < -0.3 is 15.2 Å². The van der Waals surface area contributed by atoms with Crippen LogP contribution in [0.15, 0.2) is 18.3 Å². The molecule has 1 amide bonds. The Kier molecular flexibility index (Phi) is 3.61. The molecule has 2 N–H and O–H groups in total. The van der Waals surface area contributed by atoms with Crippen molar-refractivity contribution < 1.29 is 19.4 Å². The molecule has 0 radical (unpaired) electrons. The first-order valence-corrected chi connectivity index (χ1v) is 4.13. The summed E-state index contributed by atoms with van der Waals surface area (Å²) >= 11 is 0.